The van der Waals surface area contributed by atoms with Crippen molar-refractivity contribution in [2.24, 2.45) is 0 Å². The van der Waals surface area contributed by atoms with Gasteiger partial charge in [0.15, 0.2) is 0 Å². The number of rotatable bonds is 7. The summed E-state index contributed by atoms with van der Waals surface area (Å²) in [7, 11) is 0. The van der Waals surface area contributed by atoms with Crippen molar-refractivity contribution in [1.82, 2.24) is 35.7 Å². The summed E-state index contributed by atoms with van der Waals surface area (Å²) in [6.07, 6.45) is 12.4. The Morgan fingerprint density at radius 3 is 2.70 bits per heavy atom. The average molecular weight is 584 g/mol. The van der Waals surface area contributed by atoms with Crippen LogP contribution in [0.25, 0.3) is 22.4 Å². The Morgan fingerprint density at radius 1 is 1.00 bits per heavy atom. The van der Waals surface area contributed by atoms with E-state index in [-0.39, 0.29) is 5.82 Å². The summed E-state index contributed by atoms with van der Waals surface area (Å²) >= 11 is 0. The highest BCUT2D eigenvalue weighted by Gasteiger charge is 2.25. The lowest BCUT2D eigenvalue weighted by Gasteiger charge is -2.15. The van der Waals surface area contributed by atoms with Crippen LogP contribution in [0.15, 0.2) is 97.6 Å². The second-order valence-electron chi connectivity index (χ2n) is 11.3. The van der Waals surface area contributed by atoms with Gasteiger partial charge in [-0.1, -0.05) is 72.3 Å². The van der Waals surface area contributed by atoms with Crippen LogP contribution >= 0.6 is 0 Å². The lowest BCUT2D eigenvalue weighted by atomic mass is 9.92. The van der Waals surface area contributed by atoms with Gasteiger partial charge in [-0.15, -0.1) is 0 Å². The maximum atomic E-state index is 16.8. The van der Waals surface area contributed by atoms with Crippen LogP contribution in [-0.4, -0.2) is 19.5 Å². The van der Waals surface area contributed by atoms with Crippen molar-refractivity contribution in [2.45, 2.75) is 39.9 Å². The third-order valence-corrected chi connectivity index (χ3v) is 8.02. The van der Waals surface area contributed by atoms with E-state index >= 15 is 4.39 Å². The maximum Gasteiger partial charge on any atom is 0.140 e. The van der Waals surface area contributed by atoms with Gasteiger partial charge in [0.05, 0.1) is 17.7 Å². The zero-order chi connectivity index (χ0) is 30.0. The Bertz CT molecular complexity index is 1930. The molecule has 0 amide bonds. The third kappa shape index (κ3) is 5.53. The van der Waals surface area contributed by atoms with Crippen molar-refractivity contribution in [3.63, 3.8) is 0 Å². The van der Waals surface area contributed by atoms with Gasteiger partial charge in [0, 0.05) is 60.8 Å². The average Bonchev–Trinajstić information content (AvgIpc) is 3.50. The number of aromatic nitrogens is 4. The van der Waals surface area contributed by atoms with Crippen LogP contribution in [-0.2, 0) is 26.1 Å². The molecule has 2 aromatic heterocycles. The molecule has 220 valence electrons. The van der Waals surface area contributed by atoms with Gasteiger partial charge in [-0.05, 0) is 48.2 Å². The number of nitrogens with one attached hydrogen (secondary N) is 4. The molecule has 4 N–H and O–H groups in total. The van der Waals surface area contributed by atoms with E-state index in [0.717, 1.165) is 51.6 Å². The van der Waals surface area contributed by atoms with Crippen LogP contribution in [0.4, 0.5) is 4.39 Å². The van der Waals surface area contributed by atoms with Crippen LogP contribution < -0.4 is 16.2 Å². The lowest BCUT2D eigenvalue weighted by Crippen LogP contribution is -2.24. The zero-order valence-electron chi connectivity index (χ0n) is 24.8. The Hall–Kier alpha value is -5.05. The topological polar surface area (TPSA) is 82.6 Å². The van der Waals surface area contributed by atoms with Gasteiger partial charge in [0.1, 0.15) is 17.3 Å². The molecule has 0 radical (unpaired) electrons. The van der Waals surface area contributed by atoms with E-state index in [1.54, 1.807) is 12.5 Å². The van der Waals surface area contributed by atoms with Crippen molar-refractivity contribution in [3.8, 4) is 11.1 Å². The Labute approximate surface area is 256 Å². The van der Waals surface area contributed by atoms with E-state index in [1.165, 1.54) is 5.56 Å². The summed E-state index contributed by atoms with van der Waals surface area (Å²) in [5.74, 6) is 0.345. The molecule has 3 aromatic carbocycles. The number of aromatic amines is 1. The number of hydrazine groups is 1. The predicted octanol–water partition coefficient (Wildman–Crippen LogP) is 6.32. The molecule has 0 atom stereocenters. The molecule has 1 aliphatic heterocycles. The maximum absolute atomic E-state index is 16.8. The summed E-state index contributed by atoms with van der Waals surface area (Å²) < 4.78 is 18.8. The lowest BCUT2D eigenvalue weighted by molar-refractivity contribution is 0.613. The van der Waals surface area contributed by atoms with Crippen LogP contribution in [0.2, 0.25) is 0 Å². The van der Waals surface area contributed by atoms with Crippen LogP contribution in [0, 0.1) is 19.7 Å². The van der Waals surface area contributed by atoms with E-state index in [2.05, 4.69) is 63.4 Å². The molecule has 7 nitrogen and oxygen atoms in total. The van der Waals surface area contributed by atoms with Gasteiger partial charge in [0.2, 0.25) is 0 Å². The molecule has 7 rings (SSSR count). The molecule has 0 unspecified atom stereocenters. The highest BCUT2D eigenvalue weighted by atomic mass is 19.1. The number of hydrogen-bond donors (Lipinski definition) is 4. The minimum Gasteiger partial charge on any atom is -0.341 e. The van der Waals surface area contributed by atoms with Gasteiger partial charge >= 0.3 is 0 Å². The first-order valence-electron chi connectivity index (χ1n) is 14.9. The van der Waals surface area contributed by atoms with Crippen molar-refractivity contribution >= 4 is 11.3 Å². The summed E-state index contributed by atoms with van der Waals surface area (Å²) in [4.78, 5) is 13.0. The standard InChI is InChI=1S/C36H34FN7/c1-23-14-26(18-38-17-25-8-4-3-5-9-25)16-28(15-23)29-13-12-27-19-40-41-20-30(33(27)34(29)37)36-42-31-10-6-7-11-32(35(31)43-36)44-21-24(2)39-22-44/h3-9,11-16,20-22,38,40-41H,10,17-19H2,1-2H3,(H,42,43). The van der Waals surface area contributed by atoms with Gasteiger partial charge in [-0.3, -0.25) is 0 Å². The van der Waals surface area contributed by atoms with Crippen LogP contribution in [0.5, 0.6) is 0 Å². The Kier molecular flexibility index (Phi) is 7.52. The fraction of sp³-hybridized carbons (Fsp3) is 0.167. The largest absolute Gasteiger partial charge is 0.341 e. The van der Waals surface area contributed by atoms with E-state index in [1.807, 2.05) is 66.2 Å². The summed E-state index contributed by atoms with van der Waals surface area (Å²) in [5, 5.41) is 3.52. The molecule has 1 aliphatic carbocycles. The Morgan fingerprint density at radius 2 is 1.86 bits per heavy atom. The van der Waals surface area contributed by atoms with Gasteiger partial charge < -0.3 is 20.3 Å². The third-order valence-electron chi connectivity index (χ3n) is 8.02. The minimum absolute atomic E-state index is 0.263. The molecular formula is C36H34FN7. The fourth-order valence-electron chi connectivity index (χ4n) is 5.95. The number of benzene rings is 3. The van der Waals surface area contributed by atoms with Gasteiger partial charge in [0.25, 0.3) is 0 Å². The monoisotopic (exact) mass is 583 g/mol. The fourth-order valence-corrected chi connectivity index (χ4v) is 5.95. The van der Waals surface area contributed by atoms with Crippen LogP contribution in [0.1, 0.15) is 50.7 Å². The number of fused-ring (bicyclic) bond motifs is 2. The first-order valence-corrected chi connectivity index (χ1v) is 14.9. The Balaban J connectivity index is 1.24. The summed E-state index contributed by atoms with van der Waals surface area (Å²) in [6, 6.07) is 20.5. The second-order valence-corrected chi connectivity index (χ2v) is 11.3. The molecule has 0 fully saturated rings. The van der Waals surface area contributed by atoms with E-state index < -0.39 is 0 Å². The van der Waals surface area contributed by atoms with Crippen molar-refractivity contribution in [3.05, 3.63) is 154 Å². The molecule has 44 heavy (non-hydrogen) atoms. The number of imidazole rings is 2. The molecule has 2 aliphatic rings. The molecular weight excluding hydrogens is 549 g/mol. The van der Waals surface area contributed by atoms with Gasteiger partial charge in [-0.25, -0.2) is 19.8 Å². The number of allylic oxidation sites excluding steroid dienone is 3. The number of hydrogen-bond acceptors (Lipinski definition) is 5. The predicted molar refractivity (Wildman–Crippen MR) is 172 cm³/mol. The normalized spacial score (nSPS) is 14.2. The first kappa shape index (κ1) is 27.8. The van der Waals surface area contributed by atoms with Crippen LogP contribution in [0.3, 0.4) is 0 Å². The van der Waals surface area contributed by atoms with E-state index in [9.17, 15) is 0 Å². The molecule has 0 spiro atoms. The first-order chi connectivity index (χ1) is 21.5. The van der Waals surface area contributed by atoms with E-state index in [0.29, 0.717) is 42.0 Å². The summed E-state index contributed by atoms with van der Waals surface area (Å²) in [5.41, 5.74) is 16.8. The molecule has 0 saturated carbocycles. The van der Waals surface area contributed by atoms with Crippen molar-refractivity contribution in [1.29, 1.82) is 0 Å². The number of aryl methyl sites for hydroxylation is 2. The second kappa shape index (κ2) is 11.9. The quantitative estimate of drug-likeness (QED) is 0.180. The van der Waals surface area contributed by atoms with Gasteiger partial charge in [-0.2, -0.15) is 0 Å². The van der Waals surface area contributed by atoms with Crippen molar-refractivity contribution in [2.75, 3.05) is 0 Å². The smallest absolute Gasteiger partial charge is 0.140 e. The number of H-pyrrole nitrogens is 1. The highest BCUT2D eigenvalue weighted by Crippen LogP contribution is 2.36. The van der Waals surface area contributed by atoms with E-state index in [4.69, 9.17) is 4.98 Å². The van der Waals surface area contributed by atoms with Crippen molar-refractivity contribution < 1.29 is 4.39 Å². The highest BCUT2D eigenvalue weighted by molar-refractivity contribution is 5.83. The molecule has 5 aromatic rings. The zero-order valence-corrected chi connectivity index (χ0v) is 24.8. The number of nitrogens with zero attached hydrogens (tertiary/aromatic N) is 3. The SMILES string of the molecule is Cc1cc(CNCc2ccccc2)cc(-c2ccc3c(c2F)C(c2nc4c([nH]2)CC=CC=C4n2cnc(C)c2)=CNNC3)c1. The minimum atomic E-state index is -0.263. The molecule has 8 heteroatoms. The molecule has 0 saturated heterocycles. The molecule has 3 heterocycles. The number of halogens is 1. The molecule has 0 bridgehead atoms. The summed E-state index contributed by atoms with van der Waals surface area (Å²) in [6.45, 7) is 5.95.